The number of carbonyl (C=O) groups excluding carboxylic acids is 1. The average molecular weight is 459 g/mol. The standard InChI is InChI=1S/C29H46O4/c1-18(2)24(30)9-6-19(3)21-7-8-22-26-23(10-11-28(21,22)5)27(4)12-13-29(32-14-15-33-29)17-20(27)16-25(26)31/h6,9,18-23,25-26,31H,7-8,10-17H2,1-5H3/b9-6+/t19-,20+,21-,22?,23?,25?,26?,27+,28-/m1/s1. The summed E-state index contributed by atoms with van der Waals surface area (Å²) < 4.78 is 12.2. The number of hydrogen-bond acceptors (Lipinski definition) is 4. The van der Waals surface area contributed by atoms with Crippen LogP contribution in [-0.2, 0) is 14.3 Å². The number of hydrogen-bond donors (Lipinski definition) is 1. The fraction of sp³-hybridized carbons (Fsp3) is 0.897. The van der Waals surface area contributed by atoms with E-state index in [1.807, 2.05) is 19.9 Å². The molecule has 1 spiro atoms. The van der Waals surface area contributed by atoms with Gasteiger partial charge in [0.25, 0.3) is 0 Å². The zero-order valence-corrected chi connectivity index (χ0v) is 21.5. The van der Waals surface area contributed by atoms with E-state index in [1.54, 1.807) is 0 Å². The quantitative estimate of drug-likeness (QED) is 0.543. The maximum atomic E-state index is 12.2. The van der Waals surface area contributed by atoms with Crippen LogP contribution >= 0.6 is 0 Å². The number of fused-ring (bicyclic) bond motifs is 5. The van der Waals surface area contributed by atoms with Crippen LogP contribution in [0.2, 0.25) is 0 Å². The Bertz CT molecular complexity index is 782. The number of ketones is 1. The van der Waals surface area contributed by atoms with E-state index in [9.17, 15) is 9.90 Å². The van der Waals surface area contributed by atoms with Crippen molar-refractivity contribution in [3.05, 3.63) is 12.2 Å². The molecule has 4 nitrogen and oxygen atoms in total. The van der Waals surface area contributed by atoms with Crippen molar-refractivity contribution in [1.29, 1.82) is 0 Å². The molecule has 1 N–H and O–H groups in total. The third-order valence-corrected chi connectivity index (χ3v) is 11.3. The van der Waals surface area contributed by atoms with Crippen LogP contribution in [0, 0.1) is 52.3 Å². The summed E-state index contributed by atoms with van der Waals surface area (Å²) in [5.74, 6) is 3.06. The average Bonchev–Trinajstić information content (AvgIpc) is 3.37. The molecule has 0 radical (unpaired) electrons. The predicted molar refractivity (Wildman–Crippen MR) is 129 cm³/mol. The van der Waals surface area contributed by atoms with Gasteiger partial charge in [-0.2, -0.15) is 0 Å². The molecule has 4 saturated carbocycles. The molecule has 1 aliphatic heterocycles. The lowest BCUT2D eigenvalue weighted by atomic mass is 9.43. The van der Waals surface area contributed by atoms with Crippen molar-refractivity contribution in [2.45, 2.75) is 97.9 Å². The van der Waals surface area contributed by atoms with Crippen LogP contribution in [0.1, 0.15) is 86.0 Å². The van der Waals surface area contributed by atoms with Crippen molar-refractivity contribution in [2.24, 2.45) is 52.3 Å². The molecular formula is C29H46O4. The number of carbonyl (C=O) groups is 1. The molecule has 5 aliphatic rings. The van der Waals surface area contributed by atoms with Crippen molar-refractivity contribution in [3.8, 4) is 0 Å². The van der Waals surface area contributed by atoms with E-state index in [-0.39, 0.29) is 29.0 Å². The van der Waals surface area contributed by atoms with Crippen LogP contribution in [0.3, 0.4) is 0 Å². The summed E-state index contributed by atoms with van der Waals surface area (Å²) in [7, 11) is 0. The van der Waals surface area contributed by atoms with Crippen molar-refractivity contribution >= 4 is 5.78 Å². The van der Waals surface area contributed by atoms with E-state index in [1.165, 1.54) is 25.7 Å². The summed E-state index contributed by atoms with van der Waals surface area (Å²) in [6, 6.07) is 0. The molecule has 4 aliphatic carbocycles. The fourth-order valence-corrected chi connectivity index (χ4v) is 9.40. The molecule has 0 amide bonds. The normalized spacial score (nSPS) is 47.5. The summed E-state index contributed by atoms with van der Waals surface area (Å²) >= 11 is 0. The number of aliphatic hydroxyl groups excluding tert-OH is 1. The van der Waals surface area contributed by atoms with E-state index < -0.39 is 0 Å². The lowest BCUT2D eigenvalue weighted by Crippen LogP contribution is -2.60. The molecule has 33 heavy (non-hydrogen) atoms. The first kappa shape index (κ1) is 24.0. The summed E-state index contributed by atoms with van der Waals surface area (Å²) in [4.78, 5) is 12.2. The highest BCUT2D eigenvalue weighted by Gasteiger charge is 2.64. The smallest absolute Gasteiger partial charge is 0.168 e. The van der Waals surface area contributed by atoms with Crippen LogP contribution < -0.4 is 0 Å². The van der Waals surface area contributed by atoms with Gasteiger partial charge in [-0.3, -0.25) is 4.79 Å². The zero-order valence-electron chi connectivity index (χ0n) is 21.5. The molecule has 0 aromatic heterocycles. The predicted octanol–water partition coefficient (Wildman–Crippen LogP) is 5.78. The van der Waals surface area contributed by atoms with Crippen molar-refractivity contribution < 1.29 is 19.4 Å². The second-order valence-electron chi connectivity index (χ2n) is 13.1. The second-order valence-corrected chi connectivity index (χ2v) is 13.1. The minimum absolute atomic E-state index is 0.0662. The van der Waals surface area contributed by atoms with Gasteiger partial charge in [0.15, 0.2) is 11.6 Å². The zero-order chi connectivity index (χ0) is 23.6. The van der Waals surface area contributed by atoms with Crippen molar-refractivity contribution in [1.82, 2.24) is 0 Å². The largest absolute Gasteiger partial charge is 0.393 e. The first-order valence-corrected chi connectivity index (χ1v) is 13.8. The molecule has 0 bridgehead atoms. The highest BCUT2D eigenvalue weighted by Crippen LogP contribution is 2.69. The minimum Gasteiger partial charge on any atom is -0.393 e. The Morgan fingerprint density at radius 2 is 1.67 bits per heavy atom. The van der Waals surface area contributed by atoms with Gasteiger partial charge in [0.1, 0.15) is 0 Å². The topological polar surface area (TPSA) is 55.8 Å². The van der Waals surface area contributed by atoms with Crippen LogP contribution in [0.25, 0.3) is 0 Å². The Morgan fingerprint density at radius 1 is 0.970 bits per heavy atom. The van der Waals surface area contributed by atoms with Crippen LogP contribution in [0.4, 0.5) is 0 Å². The number of ether oxygens (including phenoxy) is 2. The van der Waals surface area contributed by atoms with Gasteiger partial charge in [0.2, 0.25) is 0 Å². The van der Waals surface area contributed by atoms with Gasteiger partial charge in [0, 0.05) is 18.8 Å². The lowest BCUT2D eigenvalue weighted by Gasteiger charge is -2.63. The van der Waals surface area contributed by atoms with Gasteiger partial charge >= 0.3 is 0 Å². The van der Waals surface area contributed by atoms with Gasteiger partial charge < -0.3 is 14.6 Å². The fourth-order valence-electron chi connectivity index (χ4n) is 9.40. The SMILES string of the molecule is CC(C)C(=O)/C=C/[C@@H](C)[C@H]1CCC2C3C(O)C[C@H]4CC5(CC[C@]4(C)C3CC[C@@]21C)OCCO5. The van der Waals surface area contributed by atoms with Gasteiger partial charge in [-0.1, -0.05) is 40.7 Å². The molecule has 9 atom stereocenters. The third-order valence-electron chi connectivity index (χ3n) is 11.3. The first-order chi connectivity index (χ1) is 15.6. The molecule has 186 valence electrons. The highest BCUT2D eigenvalue weighted by molar-refractivity contribution is 5.91. The molecule has 4 heteroatoms. The van der Waals surface area contributed by atoms with Gasteiger partial charge in [-0.25, -0.2) is 0 Å². The molecule has 5 fully saturated rings. The van der Waals surface area contributed by atoms with E-state index in [2.05, 4.69) is 26.8 Å². The summed E-state index contributed by atoms with van der Waals surface area (Å²) in [5.41, 5.74) is 0.558. The van der Waals surface area contributed by atoms with Crippen LogP contribution in [0.5, 0.6) is 0 Å². The van der Waals surface area contributed by atoms with Crippen LogP contribution in [0.15, 0.2) is 12.2 Å². The number of aliphatic hydroxyl groups is 1. The summed E-state index contributed by atoms with van der Waals surface area (Å²) in [5, 5.41) is 11.6. The van der Waals surface area contributed by atoms with E-state index in [0.717, 1.165) is 38.9 Å². The molecule has 5 rings (SSSR count). The third kappa shape index (κ3) is 3.78. The number of rotatable bonds is 4. The Labute approximate surface area is 200 Å². The maximum Gasteiger partial charge on any atom is 0.168 e. The minimum atomic E-state index is -0.368. The Hall–Kier alpha value is -0.710. The van der Waals surface area contributed by atoms with Gasteiger partial charge in [-0.05, 0) is 90.9 Å². The van der Waals surface area contributed by atoms with E-state index in [4.69, 9.17) is 9.47 Å². The molecule has 0 aromatic rings. The Kier molecular flexibility index (Phi) is 6.15. The van der Waals surface area contributed by atoms with Crippen LogP contribution in [-0.4, -0.2) is 36.0 Å². The summed E-state index contributed by atoms with van der Waals surface area (Å²) in [6.07, 6.45) is 12.8. The van der Waals surface area contributed by atoms with E-state index in [0.29, 0.717) is 40.9 Å². The van der Waals surface area contributed by atoms with Gasteiger partial charge in [-0.15, -0.1) is 0 Å². The molecule has 4 unspecified atom stereocenters. The monoisotopic (exact) mass is 458 g/mol. The Morgan fingerprint density at radius 3 is 2.36 bits per heavy atom. The maximum absolute atomic E-state index is 12.2. The molecule has 0 aromatic carbocycles. The van der Waals surface area contributed by atoms with Crippen molar-refractivity contribution in [3.63, 3.8) is 0 Å². The highest BCUT2D eigenvalue weighted by atomic mass is 16.7. The molecule has 1 saturated heterocycles. The van der Waals surface area contributed by atoms with Crippen molar-refractivity contribution in [2.75, 3.05) is 13.2 Å². The second kappa shape index (κ2) is 8.45. The van der Waals surface area contributed by atoms with E-state index >= 15 is 0 Å². The lowest BCUT2D eigenvalue weighted by molar-refractivity contribution is -0.242. The molecule has 1 heterocycles. The Balaban J connectivity index is 1.35. The number of allylic oxidation sites excluding steroid dienone is 2. The first-order valence-electron chi connectivity index (χ1n) is 13.8. The summed E-state index contributed by atoms with van der Waals surface area (Å²) in [6.45, 7) is 12.7. The van der Waals surface area contributed by atoms with Gasteiger partial charge in [0.05, 0.1) is 19.3 Å². The molecular weight excluding hydrogens is 412 g/mol.